The predicted octanol–water partition coefficient (Wildman–Crippen LogP) is 6.70. The number of aryl methyl sites for hydroxylation is 2. The van der Waals surface area contributed by atoms with E-state index in [1.165, 1.54) is 0 Å². The van der Waals surface area contributed by atoms with Gasteiger partial charge in [-0.1, -0.05) is 63.1 Å². The molecule has 0 heterocycles. The first kappa shape index (κ1) is 21.2. The van der Waals surface area contributed by atoms with Crippen LogP contribution in [0.15, 0.2) is 48.5 Å². The summed E-state index contributed by atoms with van der Waals surface area (Å²) in [5.41, 5.74) is 1.17. The maximum absolute atomic E-state index is 13.7. The van der Waals surface area contributed by atoms with Crippen molar-refractivity contribution in [2.24, 2.45) is 5.92 Å². The van der Waals surface area contributed by atoms with Gasteiger partial charge in [0.15, 0.2) is 0 Å². The van der Waals surface area contributed by atoms with Crippen molar-refractivity contribution in [2.45, 2.75) is 53.4 Å². The van der Waals surface area contributed by atoms with E-state index in [2.05, 4.69) is 6.92 Å². The van der Waals surface area contributed by atoms with Crippen LogP contribution in [-0.4, -0.2) is 5.52 Å². The Morgan fingerprint density at radius 3 is 1.81 bits per heavy atom. The summed E-state index contributed by atoms with van der Waals surface area (Å²) < 4.78 is 25.3. The summed E-state index contributed by atoms with van der Waals surface area (Å²) >= 11 is 0. The van der Waals surface area contributed by atoms with Crippen LogP contribution >= 0.6 is 7.60 Å². The molecule has 27 heavy (non-hydrogen) atoms. The molecule has 0 aromatic heterocycles. The first-order chi connectivity index (χ1) is 12.9. The summed E-state index contributed by atoms with van der Waals surface area (Å²) in [6.07, 6.45) is 3.17. The van der Waals surface area contributed by atoms with Gasteiger partial charge in [0.05, 0.1) is 0 Å². The van der Waals surface area contributed by atoms with Crippen molar-refractivity contribution in [3.63, 3.8) is 0 Å². The summed E-state index contributed by atoms with van der Waals surface area (Å²) in [5.74, 6) is 0.477. The first-order valence-electron chi connectivity index (χ1n) is 9.56. The van der Waals surface area contributed by atoms with E-state index in [4.69, 9.17) is 9.05 Å². The predicted molar refractivity (Wildman–Crippen MR) is 110 cm³/mol. The molecule has 1 unspecified atom stereocenters. The van der Waals surface area contributed by atoms with Crippen molar-refractivity contribution in [3.8, 4) is 11.5 Å². The van der Waals surface area contributed by atoms with Gasteiger partial charge in [0.2, 0.25) is 0 Å². The fraction of sp³-hybridized carbons (Fsp3) is 0.409. The Morgan fingerprint density at radius 2 is 1.41 bits per heavy atom. The number of hydrogen-bond donors (Lipinski definition) is 0. The number of unbranched alkanes of at least 4 members (excludes halogenated alkanes) is 1. The fourth-order valence-electron chi connectivity index (χ4n) is 2.86. The molecular formula is C22H29O4P. The highest BCUT2D eigenvalue weighted by Crippen LogP contribution is 2.53. The van der Waals surface area contributed by atoms with Gasteiger partial charge >= 0.3 is 7.60 Å². The van der Waals surface area contributed by atoms with E-state index in [1.54, 1.807) is 24.3 Å². The lowest BCUT2D eigenvalue weighted by molar-refractivity contribution is -0.117. The Kier molecular flexibility index (Phi) is 7.67. The third kappa shape index (κ3) is 5.46. The highest BCUT2D eigenvalue weighted by Gasteiger charge is 2.42. The third-order valence-electron chi connectivity index (χ3n) is 4.64. The number of carbonyl (C=O) groups excluding carboxylic acids is 1. The van der Waals surface area contributed by atoms with Gasteiger partial charge in [-0.2, -0.15) is 0 Å². The molecule has 0 saturated carbocycles. The average Bonchev–Trinajstić information content (AvgIpc) is 2.66. The van der Waals surface area contributed by atoms with Crippen LogP contribution in [-0.2, 0) is 9.36 Å². The summed E-state index contributed by atoms with van der Waals surface area (Å²) in [7, 11) is -4.06. The van der Waals surface area contributed by atoms with Gasteiger partial charge in [-0.15, -0.1) is 0 Å². The van der Waals surface area contributed by atoms with E-state index in [9.17, 15) is 9.36 Å². The van der Waals surface area contributed by atoms with Crippen molar-refractivity contribution < 1.29 is 18.4 Å². The van der Waals surface area contributed by atoms with Crippen LogP contribution in [0, 0.1) is 19.8 Å². The quantitative estimate of drug-likeness (QED) is 0.425. The van der Waals surface area contributed by atoms with Gasteiger partial charge in [0.1, 0.15) is 11.5 Å². The zero-order valence-electron chi connectivity index (χ0n) is 16.6. The van der Waals surface area contributed by atoms with Crippen LogP contribution in [0.3, 0.4) is 0 Å². The van der Waals surface area contributed by atoms with Crippen molar-refractivity contribution in [1.82, 2.24) is 0 Å². The second kappa shape index (κ2) is 9.75. The third-order valence-corrected chi connectivity index (χ3v) is 6.42. The van der Waals surface area contributed by atoms with Crippen LogP contribution in [0.5, 0.6) is 11.5 Å². The minimum absolute atomic E-state index is 0.344. The Labute approximate surface area is 162 Å². The maximum atomic E-state index is 13.7. The van der Waals surface area contributed by atoms with Gasteiger partial charge in [-0.25, -0.2) is 4.57 Å². The molecule has 2 rings (SSSR count). The largest absolute Gasteiger partial charge is 0.498 e. The Morgan fingerprint density at radius 1 is 0.926 bits per heavy atom. The lowest BCUT2D eigenvalue weighted by Gasteiger charge is -2.24. The standard InChI is InChI=1S/C22H29O4P/c1-5-7-14-19(6-2)22(23)27(24,25-20-15-10-8-12-17(20)3)26-21-16-11-9-13-18(21)4/h8-13,15-16,19H,5-7,14H2,1-4H3. The molecule has 0 N–H and O–H groups in total. The van der Waals surface area contributed by atoms with E-state index in [-0.39, 0.29) is 5.92 Å². The number of para-hydroxylation sites is 2. The minimum Gasteiger partial charge on any atom is -0.411 e. The lowest BCUT2D eigenvalue weighted by Crippen LogP contribution is -2.20. The molecule has 2 aromatic rings. The second-order valence-electron chi connectivity index (χ2n) is 6.80. The molecule has 146 valence electrons. The monoisotopic (exact) mass is 388 g/mol. The molecule has 2 aromatic carbocycles. The molecule has 0 radical (unpaired) electrons. The number of carbonyl (C=O) groups is 1. The molecule has 0 amide bonds. The Balaban J connectivity index is 2.40. The summed E-state index contributed by atoms with van der Waals surface area (Å²) in [6, 6.07) is 14.4. The summed E-state index contributed by atoms with van der Waals surface area (Å²) in [4.78, 5) is 13.2. The Bertz CT molecular complexity index is 764. The van der Waals surface area contributed by atoms with Gasteiger partial charge in [-0.3, -0.25) is 4.79 Å². The molecule has 4 nitrogen and oxygen atoms in total. The van der Waals surface area contributed by atoms with Gasteiger partial charge in [0, 0.05) is 5.92 Å². The Hall–Kier alpha value is -2.06. The molecule has 0 saturated heterocycles. The van der Waals surface area contributed by atoms with E-state index in [1.807, 2.05) is 45.0 Å². The number of benzene rings is 2. The van der Waals surface area contributed by atoms with Gasteiger partial charge < -0.3 is 9.05 Å². The average molecular weight is 388 g/mol. The molecule has 0 fully saturated rings. The highest BCUT2D eigenvalue weighted by atomic mass is 31.2. The topological polar surface area (TPSA) is 52.6 Å². The van der Waals surface area contributed by atoms with Gasteiger partial charge in [0.25, 0.3) is 5.52 Å². The van der Waals surface area contributed by atoms with Crippen molar-refractivity contribution in [3.05, 3.63) is 59.7 Å². The normalized spacial score (nSPS) is 12.4. The van der Waals surface area contributed by atoms with Crippen molar-refractivity contribution >= 4 is 13.1 Å². The molecule has 1 atom stereocenters. The number of rotatable bonds is 10. The zero-order valence-corrected chi connectivity index (χ0v) is 17.5. The molecule has 5 heteroatoms. The van der Waals surface area contributed by atoms with Crippen molar-refractivity contribution in [1.29, 1.82) is 0 Å². The molecule has 0 bridgehead atoms. The molecule has 0 aliphatic heterocycles. The SMILES string of the molecule is CCCCC(CC)C(=O)P(=O)(Oc1ccccc1C)Oc1ccccc1C. The van der Waals surface area contributed by atoms with Crippen molar-refractivity contribution in [2.75, 3.05) is 0 Å². The van der Waals surface area contributed by atoms with E-state index < -0.39 is 13.1 Å². The molecule has 0 aliphatic carbocycles. The molecular weight excluding hydrogens is 359 g/mol. The summed E-state index contributed by atoms with van der Waals surface area (Å²) in [5, 5.41) is 0. The van der Waals surface area contributed by atoms with E-state index >= 15 is 0 Å². The number of hydrogen-bond acceptors (Lipinski definition) is 4. The van der Waals surface area contributed by atoms with Crippen LogP contribution in [0.25, 0.3) is 0 Å². The molecule has 0 aliphatic rings. The minimum atomic E-state index is -4.06. The first-order valence-corrected chi connectivity index (χ1v) is 11.1. The van der Waals surface area contributed by atoms with Crippen LogP contribution < -0.4 is 9.05 Å². The van der Waals surface area contributed by atoms with Gasteiger partial charge in [-0.05, 0) is 49.9 Å². The van der Waals surface area contributed by atoms with Crippen LogP contribution in [0.2, 0.25) is 0 Å². The highest BCUT2D eigenvalue weighted by molar-refractivity contribution is 7.72. The molecule has 0 spiro atoms. The smallest absolute Gasteiger partial charge is 0.411 e. The van der Waals surface area contributed by atoms with E-state index in [0.717, 1.165) is 24.0 Å². The second-order valence-corrected chi connectivity index (χ2v) is 8.60. The van der Waals surface area contributed by atoms with Crippen LogP contribution in [0.1, 0.15) is 50.7 Å². The zero-order chi connectivity index (χ0) is 19.9. The van der Waals surface area contributed by atoms with Crippen LogP contribution in [0.4, 0.5) is 0 Å². The fourth-order valence-corrected chi connectivity index (χ4v) is 4.77. The lowest BCUT2D eigenvalue weighted by atomic mass is 10.0. The van der Waals surface area contributed by atoms with E-state index in [0.29, 0.717) is 24.3 Å². The maximum Gasteiger partial charge on any atom is 0.498 e. The summed E-state index contributed by atoms with van der Waals surface area (Å²) in [6.45, 7) is 7.72.